The summed E-state index contributed by atoms with van der Waals surface area (Å²) in [5.41, 5.74) is 0.668. The maximum atomic E-state index is 11.9. The molecule has 0 fully saturated rings. The average Bonchev–Trinajstić information content (AvgIpc) is 2.29. The number of rotatable bonds is 6. The Labute approximate surface area is 107 Å². The van der Waals surface area contributed by atoms with Crippen molar-refractivity contribution in [2.75, 3.05) is 13.2 Å². The first-order valence-corrected chi connectivity index (χ1v) is 7.16. The van der Waals surface area contributed by atoms with Crippen molar-refractivity contribution in [1.29, 1.82) is 0 Å². The smallest absolute Gasteiger partial charge is 0.307 e. The SMILES string of the molecule is CCOC(=O)CCNS(=O)(=O)c1ccccc1C. The van der Waals surface area contributed by atoms with Gasteiger partial charge in [-0.1, -0.05) is 18.2 Å². The Morgan fingerprint density at radius 3 is 2.61 bits per heavy atom. The molecule has 0 saturated carbocycles. The topological polar surface area (TPSA) is 72.5 Å². The van der Waals surface area contributed by atoms with Crippen LogP contribution in [0.5, 0.6) is 0 Å². The lowest BCUT2D eigenvalue weighted by molar-refractivity contribution is -0.142. The molecule has 0 aliphatic rings. The lowest BCUT2D eigenvalue weighted by Crippen LogP contribution is -2.27. The maximum absolute atomic E-state index is 11.9. The minimum Gasteiger partial charge on any atom is -0.466 e. The first-order valence-electron chi connectivity index (χ1n) is 5.68. The van der Waals surface area contributed by atoms with Crippen molar-refractivity contribution in [2.45, 2.75) is 25.2 Å². The molecule has 0 amide bonds. The summed E-state index contributed by atoms with van der Waals surface area (Å²) in [6.07, 6.45) is 0.0267. The van der Waals surface area contributed by atoms with Crippen LogP contribution in [0.2, 0.25) is 0 Å². The highest BCUT2D eigenvalue weighted by atomic mass is 32.2. The number of esters is 1. The first kappa shape index (κ1) is 14.7. The van der Waals surface area contributed by atoms with Gasteiger partial charge in [0.1, 0.15) is 0 Å². The van der Waals surface area contributed by atoms with E-state index in [-0.39, 0.29) is 17.9 Å². The van der Waals surface area contributed by atoms with E-state index in [0.717, 1.165) is 0 Å². The fraction of sp³-hybridized carbons (Fsp3) is 0.417. The van der Waals surface area contributed by atoms with Gasteiger partial charge in [-0.05, 0) is 25.5 Å². The van der Waals surface area contributed by atoms with Gasteiger partial charge in [-0.25, -0.2) is 13.1 Å². The number of aryl methyl sites for hydroxylation is 1. The van der Waals surface area contributed by atoms with E-state index in [2.05, 4.69) is 4.72 Å². The predicted molar refractivity (Wildman–Crippen MR) is 67.6 cm³/mol. The lowest BCUT2D eigenvalue weighted by Gasteiger charge is -2.08. The highest BCUT2D eigenvalue weighted by Crippen LogP contribution is 2.13. The first-order chi connectivity index (χ1) is 8.47. The molecular formula is C12H17NO4S. The van der Waals surface area contributed by atoms with Crippen LogP contribution in [0.4, 0.5) is 0 Å². The Morgan fingerprint density at radius 1 is 1.33 bits per heavy atom. The second-order valence-corrected chi connectivity index (χ2v) is 5.45. The number of hydrogen-bond acceptors (Lipinski definition) is 4. The minimum absolute atomic E-state index is 0.0267. The monoisotopic (exact) mass is 271 g/mol. The fourth-order valence-corrected chi connectivity index (χ4v) is 2.73. The highest BCUT2D eigenvalue weighted by molar-refractivity contribution is 7.89. The van der Waals surface area contributed by atoms with Gasteiger partial charge in [-0.15, -0.1) is 0 Å². The molecule has 100 valence electrons. The summed E-state index contributed by atoms with van der Waals surface area (Å²) in [5.74, 6) is -0.412. The average molecular weight is 271 g/mol. The normalized spacial score (nSPS) is 11.2. The molecule has 1 N–H and O–H groups in total. The number of nitrogens with one attached hydrogen (secondary N) is 1. The Bertz CT molecular complexity index is 511. The molecule has 0 bridgehead atoms. The van der Waals surface area contributed by atoms with E-state index in [9.17, 15) is 13.2 Å². The van der Waals surface area contributed by atoms with Gasteiger partial charge in [-0.2, -0.15) is 0 Å². The maximum Gasteiger partial charge on any atom is 0.307 e. The van der Waals surface area contributed by atoms with Gasteiger partial charge < -0.3 is 4.74 Å². The molecule has 6 heteroatoms. The number of hydrogen-bond donors (Lipinski definition) is 1. The third-order valence-electron chi connectivity index (χ3n) is 2.31. The van der Waals surface area contributed by atoms with Crippen LogP contribution in [0.15, 0.2) is 29.2 Å². The summed E-state index contributed by atoms with van der Waals surface area (Å²) in [6.45, 7) is 3.76. The van der Waals surface area contributed by atoms with E-state index in [1.165, 1.54) is 6.07 Å². The zero-order chi connectivity index (χ0) is 13.6. The standard InChI is InChI=1S/C12H17NO4S/c1-3-17-12(14)8-9-13-18(15,16)11-7-5-4-6-10(11)2/h4-7,13H,3,8-9H2,1-2H3. The van der Waals surface area contributed by atoms with Crippen LogP contribution in [0.1, 0.15) is 18.9 Å². The van der Waals surface area contributed by atoms with Gasteiger partial charge in [0.15, 0.2) is 0 Å². The molecule has 0 spiro atoms. The Hall–Kier alpha value is -1.40. The zero-order valence-corrected chi connectivity index (χ0v) is 11.3. The van der Waals surface area contributed by atoms with Gasteiger partial charge >= 0.3 is 5.97 Å². The molecule has 0 aromatic heterocycles. The molecule has 0 radical (unpaired) electrons. The zero-order valence-electron chi connectivity index (χ0n) is 10.5. The van der Waals surface area contributed by atoms with Crippen LogP contribution in [0.25, 0.3) is 0 Å². The van der Waals surface area contributed by atoms with E-state index in [0.29, 0.717) is 12.2 Å². The lowest BCUT2D eigenvalue weighted by atomic mass is 10.2. The van der Waals surface area contributed by atoms with Gasteiger partial charge in [-0.3, -0.25) is 4.79 Å². The third-order valence-corrected chi connectivity index (χ3v) is 3.93. The molecule has 0 unspecified atom stereocenters. The van der Waals surface area contributed by atoms with Crippen LogP contribution in [0, 0.1) is 6.92 Å². The quantitative estimate of drug-likeness (QED) is 0.790. The van der Waals surface area contributed by atoms with Crippen molar-refractivity contribution in [1.82, 2.24) is 4.72 Å². The van der Waals surface area contributed by atoms with Crippen LogP contribution in [-0.2, 0) is 19.6 Å². The van der Waals surface area contributed by atoms with Gasteiger partial charge in [0.2, 0.25) is 10.0 Å². The highest BCUT2D eigenvalue weighted by Gasteiger charge is 2.16. The molecule has 0 aliphatic heterocycles. The molecule has 1 aromatic rings. The van der Waals surface area contributed by atoms with E-state index in [4.69, 9.17) is 4.74 Å². The van der Waals surface area contributed by atoms with Crippen molar-refractivity contribution in [3.8, 4) is 0 Å². The summed E-state index contributed by atoms with van der Waals surface area (Å²) in [7, 11) is -3.56. The largest absolute Gasteiger partial charge is 0.466 e. The number of carbonyl (C=O) groups excluding carboxylic acids is 1. The molecule has 0 aliphatic carbocycles. The summed E-state index contributed by atoms with van der Waals surface area (Å²) in [4.78, 5) is 11.3. The summed E-state index contributed by atoms with van der Waals surface area (Å²) >= 11 is 0. The third kappa shape index (κ3) is 4.12. The second kappa shape index (κ2) is 6.51. The minimum atomic E-state index is -3.56. The van der Waals surface area contributed by atoms with Crippen molar-refractivity contribution < 1.29 is 17.9 Å². The van der Waals surface area contributed by atoms with Crippen molar-refractivity contribution in [2.24, 2.45) is 0 Å². The molecule has 0 saturated heterocycles. The summed E-state index contributed by atoms with van der Waals surface area (Å²) in [6, 6.07) is 6.68. The van der Waals surface area contributed by atoms with Gasteiger partial charge in [0.25, 0.3) is 0 Å². The van der Waals surface area contributed by atoms with Gasteiger partial charge in [0, 0.05) is 6.54 Å². The fourth-order valence-electron chi connectivity index (χ4n) is 1.46. The predicted octanol–water partition coefficient (Wildman–Crippen LogP) is 1.23. The Balaban J connectivity index is 2.61. The molecule has 1 rings (SSSR count). The van der Waals surface area contributed by atoms with E-state index in [1.54, 1.807) is 32.0 Å². The summed E-state index contributed by atoms with van der Waals surface area (Å²) < 4.78 is 30.9. The van der Waals surface area contributed by atoms with Crippen LogP contribution in [0.3, 0.4) is 0 Å². The van der Waals surface area contributed by atoms with Crippen molar-refractivity contribution in [3.63, 3.8) is 0 Å². The molecule has 5 nitrogen and oxygen atoms in total. The molecule has 1 aromatic carbocycles. The summed E-state index contributed by atoms with van der Waals surface area (Å²) in [5, 5.41) is 0. The molecule has 18 heavy (non-hydrogen) atoms. The van der Waals surface area contributed by atoms with Crippen LogP contribution in [-0.4, -0.2) is 27.5 Å². The Kier molecular flexibility index (Phi) is 5.30. The molecule has 0 heterocycles. The van der Waals surface area contributed by atoms with E-state index in [1.807, 2.05) is 0 Å². The Morgan fingerprint density at radius 2 is 2.00 bits per heavy atom. The van der Waals surface area contributed by atoms with Crippen LogP contribution < -0.4 is 4.72 Å². The number of ether oxygens (including phenoxy) is 1. The number of benzene rings is 1. The van der Waals surface area contributed by atoms with Crippen molar-refractivity contribution in [3.05, 3.63) is 29.8 Å². The van der Waals surface area contributed by atoms with Gasteiger partial charge in [0.05, 0.1) is 17.9 Å². The van der Waals surface area contributed by atoms with Crippen LogP contribution >= 0.6 is 0 Å². The molecular weight excluding hydrogens is 254 g/mol. The number of sulfonamides is 1. The van der Waals surface area contributed by atoms with E-state index >= 15 is 0 Å². The number of carbonyl (C=O) groups is 1. The van der Waals surface area contributed by atoms with Crippen molar-refractivity contribution >= 4 is 16.0 Å². The van der Waals surface area contributed by atoms with E-state index < -0.39 is 16.0 Å². The second-order valence-electron chi connectivity index (χ2n) is 3.72. The molecule has 0 atom stereocenters.